The van der Waals surface area contributed by atoms with Gasteiger partial charge in [-0.3, -0.25) is 0 Å². The zero-order valence-electron chi connectivity index (χ0n) is 21.5. The Labute approximate surface area is 233 Å². The van der Waals surface area contributed by atoms with E-state index in [4.69, 9.17) is 14.6 Å². The van der Waals surface area contributed by atoms with E-state index in [1.165, 1.54) is 23.5 Å². The van der Waals surface area contributed by atoms with E-state index < -0.39 is 24.3 Å². The Hall–Kier alpha value is -3.72. The van der Waals surface area contributed by atoms with Crippen LogP contribution in [0.4, 0.5) is 13.2 Å². The maximum Gasteiger partial charge on any atom is 0.416 e. The largest absolute Gasteiger partial charge is 0.486 e. The van der Waals surface area contributed by atoms with Gasteiger partial charge in [-0.15, -0.1) is 28.8 Å². The van der Waals surface area contributed by atoms with Crippen LogP contribution in [0.1, 0.15) is 27.9 Å². The van der Waals surface area contributed by atoms with Crippen LogP contribution in [0.25, 0.3) is 16.8 Å². The van der Waals surface area contributed by atoms with Crippen molar-refractivity contribution in [1.29, 1.82) is 0 Å². The number of carbonyl (C=O) groups is 1. The van der Waals surface area contributed by atoms with Gasteiger partial charge in [0.25, 0.3) is 0 Å². The molecule has 1 aromatic heterocycles. The van der Waals surface area contributed by atoms with Gasteiger partial charge in [-0.2, -0.15) is 13.2 Å². The Morgan fingerprint density at radius 2 is 1.92 bits per heavy atom. The van der Waals surface area contributed by atoms with Gasteiger partial charge in [-0.1, -0.05) is 24.8 Å². The summed E-state index contributed by atoms with van der Waals surface area (Å²) in [5, 5.41) is 9.40. The zero-order chi connectivity index (χ0) is 28.6. The van der Waals surface area contributed by atoms with Gasteiger partial charge in [-0.05, 0) is 73.1 Å². The fraction of sp³-hybridized carbons (Fsp3) is 0.207. The number of alkyl halides is 3. The molecule has 3 rings (SSSR count). The van der Waals surface area contributed by atoms with Gasteiger partial charge in [0.1, 0.15) is 23.1 Å². The number of carboxylic acids is 1. The molecule has 0 saturated heterocycles. The maximum atomic E-state index is 13.1. The Morgan fingerprint density at radius 3 is 2.51 bits per heavy atom. The van der Waals surface area contributed by atoms with Crippen molar-refractivity contribution in [3.8, 4) is 22.8 Å². The topological polar surface area (TPSA) is 68.7 Å². The molecule has 1 heterocycles. The van der Waals surface area contributed by atoms with Gasteiger partial charge in [0.15, 0.2) is 6.61 Å². The highest BCUT2D eigenvalue weighted by atomic mass is 32.2. The van der Waals surface area contributed by atoms with E-state index in [-0.39, 0.29) is 6.61 Å². The van der Waals surface area contributed by atoms with Crippen molar-refractivity contribution in [2.75, 3.05) is 12.9 Å². The van der Waals surface area contributed by atoms with Crippen molar-refractivity contribution in [3.63, 3.8) is 0 Å². The summed E-state index contributed by atoms with van der Waals surface area (Å²) in [6.45, 7) is 7.29. The van der Waals surface area contributed by atoms with E-state index in [1.807, 2.05) is 19.3 Å². The summed E-state index contributed by atoms with van der Waals surface area (Å²) in [5.74, 6) is -0.111. The van der Waals surface area contributed by atoms with Crippen LogP contribution in [-0.4, -0.2) is 28.9 Å². The molecule has 0 aliphatic carbocycles. The quantitative estimate of drug-likeness (QED) is 0.184. The van der Waals surface area contributed by atoms with Crippen molar-refractivity contribution in [1.82, 2.24) is 4.98 Å². The van der Waals surface area contributed by atoms with E-state index in [0.29, 0.717) is 43.8 Å². The lowest BCUT2D eigenvalue weighted by atomic mass is 10.1. The van der Waals surface area contributed by atoms with Gasteiger partial charge in [0.05, 0.1) is 16.1 Å². The second-order valence-corrected chi connectivity index (χ2v) is 10.3. The van der Waals surface area contributed by atoms with E-state index in [0.717, 1.165) is 17.0 Å². The first kappa shape index (κ1) is 29.8. The molecular weight excluding hydrogens is 547 g/mol. The number of benzene rings is 2. The minimum atomic E-state index is -4.44. The van der Waals surface area contributed by atoms with Crippen LogP contribution in [0.2, 0.25) is 0 Å². The molecule has 0 fully saturated rings. The summed E-state index contributed by atoms with van der Waals surface area (Å²) in [5.41, 5.74) is 4.83. The molecule has 0 saturated carbocycles. The monoisotopic (exact) mass is 573 g/mol. The second-order valence-electron chi connectivity index (χ2n) is 8.17. The Kier molecular flexibility index (Phi) is 10.2. The molecule has 0 unspecified atom stereocenters. The first-order valence-electron chi connectivity index (χ1n) is 11.6. The normalized spacial score (nSPS) is 11.5. The summed E-state index contributed by atoms with van der Waals surface area (Å²) < 4.78 is 50.5. The summed E-state index contributed by atoms with van der Waals surface area (Å²) >= 11 is 2.93. The molecule has 204 valence electrons. The SMILES string of the molecule is C=CC(=C=C/C=C(\C)SC)c1sc(COc2ccc(OCC(=O)O)c(C)c2)nc1-c1ccc(C(F)(F)F)cc1. The summed E-state index contributed by atoms with van der Waals surface area (Å²) in [6, 6.07) is 9.86. The van der Waals surface area contributed by atoms with Gasteiger partial charge in [0, 0.05) is 11.1 Å². The Bertz CT molecular complexity index is 1430. The number of nitrogens with zero attached hydrogens (tertiary/aromatic N) is 1. The first-order chi connectivity index (χ1) is 18.5. The number of aliphatic carboxylic acids is 1. The van der Waals surface area contributed by atoms with Crippen molar-refractivity contribution >= 4 is 34.6 Å². The van der Waals surface area contributed by atoms with Gasteiger partial charge in [-0.25, -0.2) is 9.78 Å². The molecule has 0 aliphatic heterocycles. The van der Waals surface area contributed by atoms with E-state index in [1.54, 1.807) is 49.0 Å². The molecule has 0 amide bonds. The molecule has 3 aromatic rings. The number of halogens is 3. The molecule has 0 aliphatic rings. The highest BCUT2D eigenvalue weighted by molar-refractivity contribution is 8.02. The minimum Gasteiger partial charge on any atom is -0.486 e. The number of thiazole rings is 1. The highest BCUT2D eigenvalue weighted by Gasteiger charge is 2.30. The highest BCUT2D eigenvalue weighted by Crippen LogP contribution is 2.36. The van der Waals surface area contributed by atoms with Crippen molar-refractivity contribution in [3.05, 3.63) is 98.9 Å². The lowest BCUT2D eigenvalue weighted by molar-refractivity contribution is -0.139. The van der Waals surface area contributed by atoms with E-state index in [9.17, 15) is 18.0 Å². The summed E-state index contributed by atoms with van der Waals surface area (Å²) in [4.78, 5) is 17.2. The Balaban J connectivity index is 1.95. The molecule has 0 radical (unpaired) electrons. The number of allylic oxidation sites excluding steroid dienone is 4. The molecule has 0 spiro atoms. The number of aromatic nitrogens is 1. The van der Waals surface area contributed by atoms with Crippen LogP contribution >= 0.6 is 23.1 Å². The number of hydrogen-bond donors (Lipinski definition) is 1. The fourth-order valence-corrected chi connectivity index (χ4v) is 4.52. The smallest absolute Gasteiger partial charge is 0.416 e. The first-order valence-corrected chi connectivity index (χ1v) is 13.6. The number of rotatable bonds is 11. The molecule has 5 nitrogen and oxygen atoms in total. The molecule has 0 bridgehead atoms. The van der Waals surface area contributed by atoms with Gasteiger partial charge >= 0.3 is 12.1 Å². The average molecular weight is 574 g/mol. The van der Waals surface area contributed by atoms with Crippen molar-refractivity contribution < 1.29 is 32.5 Å². The Morgan fingerprint density at radius 1 is 1.21 bits per heavy atom. The van der Waals surface area contributed by atoms with Crippen LogP contribution in [0, 0.1) is 6.92 Å². The van der Waals surface area contributed by atoms with Crippen LogP contribution in [0.15, 0.2) is 77.9 Å². The number of hydrogen-bond acceptors (Lipinski definition) is 6. The summed E-state index contributed by atoms with van der Waals surface area (Å²) in [6.07, 6.45) is 2.83. The standard InChI is InChI=1S/C29H26F3NO4S2/c1-5-20(8-6-7-19(3)38-4)28-27(21-9-11-22(12-10-21)29(30,31)32)33-25(39-28)16-36-23-13-14-24(18(2)15-23)37-17-26(34)35/h5-7,9-15H,1,16-17H2,2-4H3,(H,34,35)/b19-7+. The fourth-order valence-electron chi connectivity index (χ4n) is 3.31. The third-order valence-electron chi connectivity index (χ3n) is 5.34. The molecule has 10 heteroatoms. The third kappa shape index (κ3) is 8.38. The van der Waals surface area contributed by atoms with Crippen LogP contribution in [-0.2, 0) is 17.6 Å². The average Bonchev–Trinajstić information content (AvgIpc) is 3.32. The maximum absolute atomic E-state index is 13.1. The molecule has 0 atom stereocenters. The summed E-state index contributed by atoms with van der Waals surface area (Å²) in [7, 11) is 0. The second kappa shape index (κ2) is 13.4. The predicted octanol–water partition coefficient (Wildman–Crippen LogP) is 8.17. The van der Waals surface area contributed by atoms with E-state index >= 15 is 0 Å². The number of carboxylic acid groups (broad SMARTS) is 1. The molecular formula is C29H26F3NO4S2. The lowest BCUT2D eigenvalue weighted by Crippen LogP contribution is -2.10. The van der Waals surface area contributed by atoms with Gasteiger partial charge in [0.2, 0.25) is 0 Å². The number of ether oxygens (including phenoxy) is 2. The van der Waals surface area contributed by atoms with Crippen molar-refractivity contribution in [2.24, 2.45) is 0 Å². The van der Waals surface area contributed by atoms with Crippen LogP contribution in [0.3, 0.4) is 0 Å². The van der Waals surface area contributed by atoms with Crippen LogP contribution in [0.5, 0.6) is 11.5 Å². The zero-order valence-corrected chi connectivity index (χ0v) is 23.1. The van der Waals surface area contributed by atoms with Gasteiger partial charge < -0.3 is 14.6 Å². The van der Waals surface area contributed by atoms with Crippen LogP contribution < -0.4 is 9.47 Å². The molecule has 39 heavy (non-hydrogen) atoms. The predicted molar refractivity (Wildman–Crippen MR) is 150 cm³/mol. The minimum absolute atomic E-state index is 0.104. The third-order valence-corrected chi connectivity index (χ3v) is 7.19. The lowest BCUT2D eigenvalue weighted by Gasteiger charge is -2.09. The number of thioether (sulfide) groups is 1. The molecule has 2 aromatic carbocycles. The van der Waals surface area contributed by atoms with E-state index in [2.05, 4.69) is 17.3 Å². The van der Waals surface area contributed by atoms with Crippen molar-refractivity contribution in [2.45, 2.75) is 26.6 Å². The molecule has 1 N–H and O–H groups in total. The number of aryl methyl sites for hydroxylation is 1.